The van der Waals surface area contributed by atoms with Crippen LogP contribution in [0, 0.1) is 0 Å². The molecule has 0 aliphatic carbocycles. The van der Waals surface area contributed by atoms with Crippen molar-refractivity contribution in [1.29, 1.82) is 0 Å². The van der Waals surface area contributed by atoms with E-state index in [9.17, 15) is 0 Å². The lowest BCUT2D eigenvalue weighted by Gasteiger charge is -2.20. The highest BCUT2D eigenvalue weighted by molar-refractivity contribution is 6.18. The van der Waals surface area contributed by atoms with Crippen molar-refractivity contribution in [2.45, 2.75) is 6.42 Å². The first-order chi connectivity index (χ1) is 13.3. The number of halogens is 4. The molecule has 30 heavy (non-hydrogen) atoms. The van der Waals surface area contributed by atoms with Gasteiger partial charge in [0, 0.05) is 42.2 Å². The standard InChI is InChI=1S/C21H25Cl2N3O.2ClH.H2O/c1-27-19-9-4-7-17-20(16-6-2-3-8-18(16)25-21(17)19)24-12-5-13-26(14-10-22)15-11-23;;;/h2-4,6-9H,5,10-15H2,1H3,(H,24,25);2*1H;1H2. The number of hydrogen-bond donors (Lipinski definition) is 1. The molecular weight excluding hydrogens is 468 g/mol. The zero-order valence-electron chi connectivity index (χ0n) is 16.9. The molecule has 0 aliphatic heterocycles. The fraction of sp³-hybridized carbons (Fsp3) is 0.381. The molecule has 0 amide bonds. The van der Waals surface area contributed by atoms with Crippen LogP contribution in [-0.2, 0) is 0 Å². The molecule has 0 radical (unpaired) electrons. The molecule has 1 aromatic heterocycles. The molecule has 3 N–H and O–H groups in total. The van der Waals surface area contributed by atoms with Crippen molar-refractivity contribution in [2.75, 3.05) is 50.4 Å². The molecule has 0 fully saturated rings. The maximum Gasteiger partial charge on any atom is 0.145 e. The van der Waals surface area contributed by atoms with Gasteiger partial charge in [0.1, 0.15) is 11.3 Å². The number of anilines is 1. The van der Waals surface area contributed by atoms with E-state index in [4.69, 9.17) is 32.9 Å². The molecular formula is C21H29Cl4N3O2. The van der Waals surface area contributed by atoms with Crippen LogP contribution >= 0.6 is 48.0 Å². The van der Waals surface area contributed by atoms with Crippen LogP contribution in [0.1, 0.15) is 6.42 Å². The molecule has 0 atom stereocenters. The highest BCUT2D eigenvalue weighted by atomic mass is 35.5. The topological polar surface area (TPSA) is 68.9 Å². The number of ether oxygens (including phenoxy) is 1. The van der Waals surface area contributed by atoms with Gasteiger partial charge in [-0.25, -0.2) is 4.98 Å². The Morgan fingerprint density at radius 1 is 0.933 bits per heavy atom. The summed E-state index contributed by atoms with van der Waals surface area (Å²) in [5.74, 6) is 2.05. The summed E-state index contributed by atoms with van der Waals surface area (Å²) in [5, 5.41) is 5.83. The van der Waals surface area contributed by atoms with E-state index in [-0.39, 0.29) is 30.3 Å². The maximum atomic E-state index is 5.88. The number of para-hydroxylation sites is 2. The summed E-state index contributed by atoms with van der Waals surface area (Å²) in [5.41, 5.74) is 2.95. The SMILES string of the molecule is COc1cccc2c(NCCCN(CCCl)CCCl)c3ccccc3nc12.Cl.Cl.O. The van der Waals surface area contributed by atoms with Gasteiger partial charge in [-0.3, -0.25) is 0 Å². The molecule has 0 bridgehead atoms. The largest absolute Gasteiger partial charge is 0.494 e. The predicted molar refractivity (Wildman–Crippen MR) is 135 cm³/mol. The van der Waals surface area contributed by atoms with Crippen molar-refractivity contribution < 1.29 is 10.2 Å². The van der Waals surface area contributed by atoms with Gasteiger partial charge in [-0.2, -0.15) is 0 Å². The number of rotatable bonds is 10. The highest BCUT2D eigenvalue weighted by Gasteiger charge is 2.12. The van der Waals surface area contributed by atoms with Crippen molar-refractivity contribution in [1.82, 2.24) is 9.88 Å². The van der Waals surface area contributed by atoms with Gasteiger partial charge in [-0.1, -0.05) is 30.3 Å². The van der Waals surface area contributed by atoms with E-state index in [1.807, 2.05) is 30.3 Å². The summed E-state index contributed by atoms with van der Waals surface area (Å²) in [4.78, 5) is 7.11. The molecule has 5 nitrogen and oxygen atoms in total. The van der Waals surface area contributed by atoms with Crippen LogP contribution in [0.15, 0.2) is 42.5 Å². The van der Waals surface area contributed by atoms with Crippen LogP contribution in [0.3, 0.4) is 0 Å². The van der Waals surface area contributed by atoms with E-state index in [1.165, 1.54) is 0 Å². The number of alkyl halides is 2. The Morgan fingerprint density at radius 3 is 2.27 bits per heavy atom. The van der Waals surface area contributed by atoms with Gasteiger partial charge in [-0.05, 0) is 25.1 Å². The minimum atomic E-state index is 0. The summed E-state index contributed by atoms with van der Waals surface area (Å²) in [6.07, 6.45) is 1.01. The van der Waals surface area contributed by atoms with Crippen molar-refractivity contribution in [3.8, 4) is 5.75 Å². The van der Waals surface area contributed by atoms with E-state index in [0.29, 0.717) is 11.8 Å². The smallest absolute Gasteiger partial charge is 0.145 e. The Bertz CT molecular complexity index is 893. The van der Waals surface area contributed by atoms with Gasteiger partial charge in [0.2, 0.25) is 0 Å². The lowest BCUT2D eigenvalue weighted by atomic mass is 10.1. The molecule has 0 spiro atoms. The normalized spacial score (nSPS) is 10.3. The maximum absolute atomic E-state index is 5.88. The molecule has 3 rings (SSSR count). The fourth-order valence-electron chi connectivity index (χ4n) is 3.33. The van der Waals surface area contributed by atoms with Crippen LogP contribution in [0.2, 0.25) is 0 Å². The van der Waals surface area contributed by atoms with Crippen LogP contribution in [0.5, 0.6) is 5.75 Å². The van der Waals surface area contributed by atoms with Gasteiger partial charge < -0.3 is 20.4 Å². The minimum Gasteiger partial charge on any atom is -0.494 e. The van der Waals surface area contributed by atoms with Crippen LogP contribution in [0.4, 0.5) is 5.69 Å². The third-order valence-corrected chi connectivity index (χ3v) is 4.99. The number of nitrogens with zero attached hydrogens (tertiary/aromatic N) is 2. The molecule has 2 aromatic carbocycles. The van der Waals surface area contributed by atoms with Crippen molar-refractivity contribution >= 4 is 75.5 Å². The van der Waals surface area contributed by atoms with Crippen molar-refractivity contribution in [3.63, 3.8) is 0 Å². The molecule has 1 heterocycles. The second-order valence-electron chi connectivity index (χ2n) is 6.36. The summed E-state index contributed by atoms with van der Waals surface area (Å²) in [7, 11) is 1.68. The van der Waals surface area contributed by atoms with E-state index in [1.54, 1.807) is 7.11 Å². The predicted octanol–water partition coefficient (Wildman–Crippen LogP) is 5.00. The van der Waals surface area contributed by atoms with Gasteiger partial charge in [0.05, 0.1) is 18.3 Å². The Balaban J connectivity index is 0.00000280. The zero-order valence-corrected chi connectivity index (χ0v) is 20.0. The Kier molecular flexibility index (Phi) is 14.1. The monoisotopic (exact) mass is 495 g/mol. The second-order valence-corrected chi connectivity index (χ2v) is 7.12. The van der Waals surface area contributed by atoms with Crippen molar-refractivity contribution in [2.24, 2.45) is 0 Å². The fourth-order valence-corrected chi connectivity index (χ4v) is 3.81. The molecule has 9 heteroatoms. The Labute approximate surface area is 200 Å². The number of benzene rings is 2. The van der Waals surface area contributed by atoms with E-state index >= 15 is 0 Å². The zero-order chi connectivity index (χ0) is 19.1. The first-order valence-corrected chi connectivity index (χ1v) is 10.3. The van der Waals surface area contributed by atoms with E-state index in [2.05, 4.69) is 22.3 Å². The van der Waals surface area contributed by atoms with Gasteiger partial charge in [0.25, 0.3) is 0 Å². The lowest BCUT2D eigenvalue weighted by molar-refractivity contribution is 0.306. The average Bonchev–Trinajstić information content (AvgIpc) is 2.70. The summed E-state index contributed by atoms with van der Waals surface area (Å²) in [6.45, 7) is 3.57. The highest BCUT2D eigenvalue weighted by Crippen LogP contribution is 2.34. The molecule has 0 saturated heterocycles. The van der Waals surface area contributed by atoms with Crippen LogP contribution < -0.4 is 10.1 Å². The third-order valence-electron chi connectivity index (χ3n) is 4.65. The van der Waals surface area contributed by atoms with Gasteiger partial charge >= 0.3 is 0 Å². The van der Waals surface area contributed by atoms with E-state index in [0.717, 1.165) is 65.8 Å². The second kappa shape index (κ2) is 14.7. The summed E-state index contributed by atoms with van der Waals surface area (Å²) < 4.78 is 5.52. The number of pyridine rings is 1. The summed E-state index contributed by atoms with van der Waals surface area (Å²) >= 11 is 11.8. The first-order valence-electron chi connectivity index (χ1n) is 9.22. The molecule has 3 aromatic rings. The Hall–Kier alpha value is -1.21. The quantitative estimate of drug-likeness (QED) is 0.243. The summed E-state index contributed by atoms with van der Waals surface area (Å²) in [6, 6.07) is 14.2. The van der Waals surface area contributed by atoms with Crippen LogP contribution in [-0.4, -0.2) is 60.4 Å². The van der Waals surface area contributed by atoms with E-state index < -0.39 is 0 Å². The average molecular weight is 497 g/mol. The first kappa shape index (κ1) is 28.8. The molecule has 0 saturated carbocycles. The lowest BCUT2D eigenvalue weighted by Crippen LogP contribution is -2.30. The number of hydrogen-bond acceptors (Lipinski definition) is 4. The third kappa shape index (κ3) is 6.91. The van der Waals surface area contributed by atoms with Gasteiger partial charge in [-0.15, -0.1) is 48.0 Å². The molecule has 0 unspecified atom stereocenters. The number of nitrogens with one attached hydrogen (secondary N) is 1. The number of aromatic nitrogens is 1. The van der Waals surface area contributed by atoms with Crippen molar-refractivity contribution in [3.05, 3.63) is 42.5 Å². The van der Waals surface area contributed by atoms with Gasteiger partial charge in [0.15, 0.2) is 0 Å². The number of methoxy groups -OCH3 is 1. The Morgan fingerprint density at radius 2 is 1.60 bits per heavy atom. The minimum absolute atomic E-state index is 0. The molecule has 168 valence electrons. The van der Waals surface area contributed by atoms with Crippen LogP contribution in [0.25, 0.3) is 21.8 Å². The number of fused-ring (bicyclic) bond motifs is 2. The molecule has 0 aliphatic rings.